The van der Waals surface area contributed by atoms with Crippen LogP contribution in [0.2, 0.25) is 0 Å². The Hall–Kier alpha value is -2.06. The SMILES string of the molecule is Cc1cc([N+](=O)[O-])c(OC(F)(F)F)c(=O)[nH]1. The highest BCUT2D eigenvalue weighted by atomic mass is 19.4. The minimum atomic E-state index is -5.16. The maximum Gasteiger partial charge on any atom is 0.573 e. The number of rotatable bonds is 2. The zero-order chi connectivity index (χ0) is 12.5. The van der Waals surface area contributed by atoms with Gasteiger partial charge in [-0.3, -0.25) is 14.9 Å². The number of aromatic nitrogens is 1. The fraction of sp³-hybridized carbons (Fsp3) is 0.286. The van der Waals surface area contributed by atoms with Crippen molar-refractivity contribution in [3.8, 4) is 5.75 Å². The number of halogens is 3. The molecule has 1 aromatic rings. The molecule has 0 saturated heterocycles. The summed E-state index contributed by atoms with van der Waals surface area (Å²) in [6, 6.07) is 0.780. The summed E-state index contributed by atoms with van der Waals surface area (Å²) in [6.45, 7) is 1.30. The Labute approximate surface area is 85.8 Å². The van der Waals surface area contributed by atoms with Gasteiger partial charge in [0.1, 0.15) is 0 Å². The lowest BCUT2D eigenvalue weighted by atomic mass is 10.3. The second-order valence-corrected chi connectivity index (χ2v) is 2.80. The van der Waals surface area contributed by atoms with E-state index in [1.807, 2.05) is 4.98 Å². The molecule has 16 heavy (non-hydrogen) atoms. The van der Waals surface area contributed by atoms with Gasteiger partial charge >= 0.3 is 12.0 Å². The largest absolute Gasteiger partial charge is 0.573 e. The van der Waals surface area contributed by atoms with E-state index in [2.05, 4.69) is 4.74 Å². The smallest absolute Gasteiger partial charge is 0.392 e. The van der Waals surface area contributed by atoms with E-state index in [0.717, 1.165) is 6.07 Å². The maximum absolute atomic E-state index is 11.9. The molecule has 0 aromatic carbocycles. The quantitative estimate of drug-likeness (QED) is 0.624. The van der Waals surface area contributed by atoms with Crippen molar-refractivity contribution in [1.82, 2.24) is 4.98 Å². The number of ether oxygens (including phenoxy) is 1. The number of nitrogens with zero attached hydrogens (tertiary/aromatic N) is 1. The van der Waals surface area contributed by atoms with Gasteiger partial charge in [-0.2, -0.15) is 0 Å². The molecule has 0 bridgehead atoms. The molecule has 6 nitrogen and oxygen atoms in total. The number of nitrogens with one attached hydrogen (secondary N) is 1. The van der Waals surface area contributed by atoms with Crippen LogP contribution in [0.1, 0.15) is 5.69 Å². The first kappa shape index (κ1) is 12.0. The zero-order valence-electron chi connectivity index (χ0n) is 7.79. The summed E-state index contributed by atoms with van der Waals surface area (Å²) in [5, 5.41) is 10.4. The first-order chi connectivity index (χ1) is 7.20. The Kier molecular flexibility index (Phi) is 2.88. The van der Waals surface area contributed by atoms with Gasteiger partial charge < -0.3 is 9.72 Å². The van der Waals surface area contributed by atoms with Gasteiger partial charge in [-0.1, -0.05) is 0 Å². The average Bonchev–Trinajstić information content (AvgIpc) is 2.07. The average molecular weight is 238 g/mol. The summed E-state index contributed by atoms with van der Waals surface area (Å²) in [4.78, 5) is 22.3. The second-order valence-electron chi connectivity index (χ2n) is 2.80. The fourth-order valence-electron chi connectivity index (χ4n) is 1.01. The highest BCUT2D eigenvalue weighted by Gasteiger charge is 2.36. The third-order valence-corrected chi connectivity index (χ3v) is 1.52. The highest BCUT2D eigenvalue weighted by molar-refractivity contribution is 5.45. The zero-order valence-corrected chi connectivity index (χ0v) is 7.79. The van der Waals surface area contributed by atoms with E-state index in [0.29, 0.717) is 0 Å². The normalized spacial score (nSPS) is 11.2. The predicted octanol–water partition coefficient (Wildman–Crippen LogP) is 1.49. The van der Waals surface area contributed by atoms with Gasteiger partial charge in [0.2, 0.25) is 0 Å². The lowest BCUT2D eigenvalue weighted by molar-refractivity contribution is -0.388. The molecule has 1 aromatic heterocycles. The predicted molar refractivity (Wildman–Crippen MR) is 45.1 cm³/mol. The summed E-state index contributed by atoms with van der Waals surface area (Å²) in [5.74, 6) is -1.37. The number of nitro groups is 1. The van der Waals surface area contributed by atoms with Crippen LogP contribution in [0.15, 0.2) is 10.9 Å². The topological polar surface area (TPSA) is 85.2 Å². The Morgan fingerprint density at radius 2 is 2.06 bits per heavy atom. The molecule has 0 aliphatic heterocycles. The summed E-state index contributed by atoms with van der Waals surface area (Å²) in [5.41, 5.74) is -2.27. The highest BCUT2D eigenvalue weighted by Crippen LogP contribution is 2.28. The number of alkyl halides is 3. The number of hydrogen-bond donors (Lipinski definition) is 1. The number of hydrogen-bond acceptors (Lipinski definition) is 4. The fourth-order valence-corrected chi connectivity index (χ4v) is 1.01. The van der Waals surface area contributed by atoms with Gasteiger partial charge in [0.05, 0.1) is 4.92 Å². The molecule has 0 amide bonds. The van der Waals surface area contributed by atoms with E-state index >= 15 is 0 Å². The van der Waals surface area contributed by atoms with Crippen LogP contribution in [-0.4, -0.2) is 16.3 Å². The van der Waals surface area contributed by atoms with Crippen molar-refractivity contribution >= 4 is 5.69 Å². The van der Waals surface area contributed by atoms with Crippen molar-refractivity contribution < 1.29 is 22.8 Å². The van der Waals surface area contributed by atoms with Gasteiger partial charge in [-0.15, -0.1) is 13.2 Å². The van der Waals surface area contributed by atoms with Crippen molar-refractivity contribution in [2.75, 3.05) is 0 Å². The molecule has 0 saturated carbocycles. The molecule has 0 aliphatic carbocycles. The molecule has 1 heterocycles. The van der Waals surface area contributed by atoms with E-state index in [9.17, 15) is 28.1 Å². The molecule has 1 rings (SSSR count). The van der Waals surface area contributed by atoms with E-state index < -0.39 is 28.3 Å². The molecule has 0 atom stereocenters. The minimum Gasteiger partial charge on any atom is -0.392 e. The lowest BCUT2D eigenvalue weighted by Crippen LogP contribution is -2.24. The molecule has 88 valence electrons. The van der Waals surface area contributed by atoms with E-state index in [1.165, 1.54) is 6.92 Å². The van der Waals surface area contributed by atoms with Crippen LogP contribution in [0.4, 0.5) is 18.9 Å². The van der Waals surface area contributed by atoms with Crippen LogP contribution >= 0.6 is 0 Å². The molecule has 0 fully saturated rings. The molecule has 0 spiro atoms. The first-order valence-corrected chi connectivity index (χ1v) is 3.85. The molecule has 1 N–H and O–H groups in total. The van der Waals surface area contributed by atoms with E-state index in [-0.39, 0.29) is 5.69 Å². The van der Waals surface area contributed by atoms with Crippen molar-refractivity contribution in [1.29, 1.82) is 0 Å². The molecule has 0 unspecified atom stereocenters. The number of aromatic amines is 1. The van der Waals surface area contributed by atoms with Crippen LogP contribution < -0.4 is 10.3 Å². The van der Waals surface area contributed by atoms with Crippen molar-refractivity contribution in [2.45, 2.75) is 13.3 Å². The standard InChI is InChI=1S/C7H5F3N2O4/c1-3-2-4(12(14)15)5(6(13)11-3)16-7(8,9)10/h2H,1H3,(H,11,13). The van der Waals surface area contributed by atoms with Crippen molar-refractivity contribution in [2.24, 2.45) is 0 Å². The molecular formula is C7H5F3N2O4. The van der Waals surface area contributed by atoms with Gasteiger partial charge in [-0.05, 0) is 6.92 Å². The van der Waals surface area contributed by atoms with Crippen LogP contribution in [0.3, 0.4) is 0 Å². The van der Waals surface area contributed by atoms with Crippen LogP contribution in [-0.2, 0) is 0 Å². The van der Waals surface area contributed by atoms with E-state index in [1.54, 1.807) is 0 Å². The Morgan fingerprint density at radius 1 is 1.50 bits per heavy atom. The van der Waals surface area contributed by atoms with Crippen LogP contribution in [0, 0.1) is 17.0 Å². The van der Waals surface area contributed by atoms with Crippen molar-refractivity contribution in [3.63, 3.8) is 0 Å². The molecule has 9 heteroatoms. The van der Waals surface area contributed by atoms with Gasteiger partial charge in [0, 0.05) is 11.8 Å². The molecule has 0 aliphatic rings. The third kappa shape index (κ3) is 2.72. The summed E-state index contributed by atoms with van der Waals surface area (Å²) in [7, 11) is 0. The van der Waals surface area contributed by atoms with Crippen LogP contribution in [0.5, 0.6) is 5.75 Å². The van der Waals surface area contributed by atoms with Gasteiger partial charge in [-0.25, -0.2) is 0 Å². The Bertz CT molecular complexity index is 480. The summed E-state index contributed by atoms with van der Waals surface area (Å²) in [6.07, 6.45) is -5.16. The summed E-state index contributed by atoms with van der Waals surface area (Å²) < 4.78 is 38.9. The number of H-pyrrole nitrogens is 1. The number of pyridine rings is 1. The summed E-state index contributed by atoms with van der Waals surface area (Å²) >= 11 is 0. The monoisotopic (exact) mass is 238 g/mol. The van der Waals surface area contributed by atoms with Gasteiger partial charge in [0.25, 0.3) is 11.3 Å². The second kappa shape index (κ2) is 3.83. The lowest BCUT2D eigenvalue weighted by Gasteiger charge is -2.08. The Balaban J connectivity index is 3.36. The molecule has 0 radical (unpaired) electrons. The minimum absolute atomic E-state index is 0.0613. The first-order valence-electron chi connectivity index (χ1n) is 3.85. The van der Waals surface area contributed by atoms with Crippen LogP contribution in [0.25, 0.3) is 0 Å². The van der Waals surface area contributed by atoms with Crippen molar-refractivity contribution in [3.05, 3.63) is 32.2 Å². The third-order valence-electron chi connectivity index (χ3n) is 1.52. The Morgan fingerprint density at radius 3 is 2.50 bits per heavy atom. The van der Waals surface area contributed by atoms with Gasteiger partial charge in [0.15, 0.2) is 0 Å². The maximum atomic E-state index is 11.9. The number of aryl methyl sites for hydroxylation is 1. The van der Waals surface area contributed by atoms with E-state index in [4.69, 9.17) is 0 Å². The molecular weight excluding hydrogens is 233 g/mol.